The van der Waals surface area contributed by atoms with Crippen LogP contribution >= 0.6 is 0 Å². The van der Waals surface area contributed by atoms with Crippen molar-refractivity contribution in [2.75, 3.05) is 14.2 Å². The minimum Gasteiger partial charge on any atom is -0.496 e. The summed E-state index contributed by atoms with van der Waals surface area (Å²) >= 11 is 0. The SMILES string of the molecule is COC(=O)c1ccc2c(C3CCCCC3)c3n(c2c1)CC(C(=O)O)=Cc1c(OC)cccc1-3. The molecule has 1 fully saturated rings. The molecule has 33 heavy (non-hydrogen) atoms. The minimum atomic E-state index is -0.968. The summed E-state index contributed by atoms with van der Waals surface area (Å²) in [4.78, 5) is 24.5. The normalized spacial score (nSPS) is 15.9. The van der Waals surface area contributed by atoms with Gasteiger partial charge >= 0.3 is 11.9 Å². The molecule has 2 heterocycles. The van der Waals surface area contributed by atoms with Gasteiger partial charge in [-0.15, -0.1) is 0 Å². The molecule has 0 atom stereocenters. The summed E-state index contributed by atoms with van der Waals surface area (Å²) in [5, 5.41) is 11.1. The number of esters is 1. The van der Waals surface area contributed by atoms with Gasteiger partial charge in [-0.3, -0.25) is 0 Å². The average molecular weight is 446 g/mol. The maximum absolute atomic E-state index is 12.3. The number of fused-ring (bicyclic) bond motifs is 5. The van der Waals surface area contributed by atoms with Gasteiger partial charge in [0.25, 0.3) is 0 Å². The molecule has 1 aliphatic carbocycles. The molecule has 2 aromatic carbocycles. The number of aliphatic carboxylic acids is 1. The van der Waals surface area contributed by atoms with E-state index in [1.165, 1.54) is 31.9 Å². The smallest absolute Gasteiger partial charge is 0.337 e. The Morgan fingerprint density at radius 2 is 1.85 bits per heavy atom. The van der Waals surface area contributed by atoms with Crippen LogP contribution in [0.15, 0.2) is 42.0 Å². The molecule has 5 rings (SSSR count). The van der Waals surface area contributed by atoms with E-state index in [9.17, 15) is 14.7 Å². The molecule has 0 spiro atoms. The van der Waals surface area contributed by atoms with Crippen molar-refractivity contribution in [3.63, 3.8) is 0 Å². The van der Waals surface area contributed by atoms with E-state index in [2.05, 4.69) is 4.57 Å². The van der Waals surface area contributed by atoms with Crippen LogP contribution in [0.5, 0.6) is 5.75 Å². The summed E-state index contributed by atoms with van der Waals surface area (Å²) in [6.07, 6.45) is 7.53. The first-order chi connectivity index (χ1) is 16.0. The molecule has 2 aliphatic rings. The van der Waals surface area contributed by atoms with Gasteiger partial charge in [-0.1, -0.05) is 37.5 Å². The molecule has 3 aromatic rings. The molecule has 1 aliphatic heterocycles. The fourth-order valence-electron chi connectivity index (χ4n) is 5.48. The monoisotopic (exact) mass is 445 g/mol. The standard InChI is InChI=1S/C27H27NO5/c1-32-23-10-6-9-19-21(23)13-18(26(29)30)15-28-22-14-17(27(31)33-2)11-12-20(22)24(25(19)28)16-7-4-3-5-8-16/h6,9-14,16H,3-5,7-8,15H2,1-2H3,(H,29,30). The van der Waals surface area contributed by atoms with E-state index in [0.717, 1.165) is 40.6 Å². The molecule has 1 saturated carbocycles. The first-order valence-corrected chi connectivity index (χ1v) is 11.4. The molecule has 6 heteroatoms. The zero-order chi connectivity index (χ0) is 23.1. The van der Waals surface area contributed by atoms with Gasteiger partial charge in [-0.25, -0.2) is 9.59 Å². The predicted octanol–water partition coefficient (Wildman–Crippen LogP) is 5.63. The van der Waals surface area contributed by atoms with Gasteiger partial charge < -0.3 is 19.1 Å². The van der Waals surface area contributed by atoms with Gasteiger partial charge in [0.05, 0.1) is 37.6 Å². The lowest BCUT2D eigenvalue weighted by Gasteiger charge is -2.24. The van der Waals surface area contributed by atoms with E-state index in [1.54, 1.807) is 19.3 Å². The quantitative estimate of drug-likeness (QED) is 0.527. The number of benzene rings is 2. The molecule has 1 N–H and O–H groups in total. The van der Waals surface area contributed by atoms with E-state index in [1.807, 2.05) is 30.3 Å². The van der Waals surface area contributed by atoms with Crippen LogP contribution in [0.3, 0.4) is 0 Å². The molecule has 0 saturated heterocycles. The first kappa shape index (κ1) is 21.3. The van der Waals surface area contributed by atoms with Crippen LogP contribution in [-0.2, 0) is 16.1 Å². The van der Waals surface area contributed by atoms with Crippen LogP contribution in [0.4, 0.5) is 0 Å². The number of carboxylic acids is 1. The number of carbonyl (C=O) groups is 2. The predicted molar refractivity (Wildman–Crippen MR) is 127 cm³/mol. The number of aromatic nitrogens is 1. The van der Waals surface area contributed by atoms with Crippen molar-refractivity contribution < 1.29 is 24.2 Å². The van der Waals surface area contributed by atoms with Gasteiger partial charge in [-0.05, 0) is 48.6 Å². The topological polar surface area (TPSA) is 77.8 Å². The zero-order valence-electron chi connectivity index (χ0n) is 18.9. The molecule has 0 amide bonds. The van der Waals surface area contributed by atoms with Crippen molar-refractivity contribution in [3.05, 3.63) is 58.7 Å². The van der Waals surface area contributed by atoms with E-state index in [-0.39, 0.29) is 12.1 Å². The number of hydrogen-bond acceptors (Lipinski definition) is 4. The summed E-state index contributed by atoms with van der Waals surface area (Å²) in [5.74, 6) is -0.344. The van der Waals surface area contributed by atoms with E-state index >= 15 is 0 Å². The molecule has 0 radical (unpaired) electrons. The number of methoxy groups -OCH3 is 2. The summed E-state index contributed by atoms with van der Waals surface area (Å²) in [6, 6.07) is 11.5. The first-order valence-electron chi connectivity index (χ1n) is 11.4. The number of rotatable bonds is 4. The lowest BCUT2D eigenvalue weighted by Crippen LogP contribution is -2.10. The summed E-state index contributed by atoms with van der Waals surface area (Å²) < 4.78 is 12.6. The van der Waals surface area contributed by atoms with E-state index < -0.39 is 11.9 Å². The Hall–Kier alpha value is -3.54. The second-order valence-electron chi connectivity index (χ2n) is 8.80. The minimum absolute atomic E-state index is 0.205. The fourth-order valence-corrected chi connectivity index (χ4v) is 5.48. The Bertz CT molecular complexity index is 1290. The second-order valence-corrected chi connectivity index (χ2v) is 8.80. The van der Waals surface area contributed by atoms with Crippen LogP contribution < -0.4 is 4.74 Å². The number of ether oxygens (including phenoxy) is 2. The summed E-state index contributed by atoms with van der Waals surface area (Å²) in [5.41, 5.74) is 5.60. The Balaban J connectivity index is 1.88. The van der Waals surface area contributed by atoms with Gasteiger partial charge in [0, 0.05) is 22.0 Å². The molecular formula is C27H27NO5. The number of hydrogen-bond donors (Lipinski definition) is 1. The van der Waals surface area contributed by atoms with Crippen molar-refractivity contribution in [3.8, 4) is 17.0 Å². The summed E-state index contributed by atoms with van der Waals surface area (Å²) in [6.45, 7) is 0.205. The van der Waals surface area contributed by atoms with Crippen LogP contribution in [0.2, 0.25) is 0 Å². The highest BCUT2D eigenvalue weighted by molar-refractivity contribution is 6.02. The van der Waals surface area contributed by atoms with Crippen molar-refractivity contribution in [2.45, 2.75) is 44.6 Å². The molecule has 0 bridgehead atoms. The van der Waals surface area contributed by atoms with Crippen molar-refractivity contribution in [1.82, 2.24) is 4.57 Å². The van der Waals surface area contributed by atoms with Gasteiger partial charge in [0.2, 0.25) is 0 Å². The molecule has 170 valence electrons. The van der Waals surface area contributed by atoms with Crippen LogP contribution in [0, 0.1) is 0 Å². The van der Waals surface area contributed by atoms with E-state index in [0.29, 0.717) is 17.2 Å². The Kier molecular flexibility index (Phi) is 5.44. The van der Waals surface area contributed by atoms with Crippen LogP contribution in [-0.4, -0.2) is 35.8 Å². The molecular weight excluding hydrogens is 418 g/mol. The zero-order valence-corrected chi connectivity index (χ0v) is 18.9. The van der Waals surface area contributed by atoms with Crippen molar-refractivity contribution >= 4 is 28.9 Å². The number of nitrogens with zero attached hydrogens (tertiary/aromatic N) is 1. The van der Waals surface area contributed by atoms with Gasteiger partial charge in [-0.2, -0.15) is 0 Å². The Morgan fingerprint density at radius 3 is 2.55 bits per heavy atom. The van der Waals surface area contributed by atoms with Gasteiger partial charge in [0.1, 0.15) is 5.75 Å². The third-order valence-corrected chi connectivity index (χ3v) is 7.00. The fraction of sp³-hybridized carbons (Fsp3) is 0.333. The third kappa shape index (κ3) is 3.50. The van der Waals surface area contributed by atoms with Crippen LogP contribution in [0.25, 0.3) is 28.2 Å². The van der Waals surface area contributed by atoms with Crippen molar-refractivity contribution in [1.29, 1.82) is 0 Å². The summed E-state index contributed by atoms with van der Waals surface area (Å²) in [7, 11) is 2.97. The second kappa shape index (κ2) is 8.43. The van der Waals surface area contributed by atoms with E-state index in [4.69, 9.17) is 9.47 Å². The molecule has 0 unspecified atom stereocenters. The maximum Gasteiger partial charge on any atom is 0.337 e. The highest BCUT2D eigenvalue weighted by Crippen LogP contribution is 2.47. The number of carboxylic acid groups (broad SMARTS) is 1. The number of carbonyl (C=O) groups excluding carboxylic acids is 1. The van der Waals surface area contributed by atoms with Crippen molar-refractivity contribution in [2.24, 2.45) is 0 Å². The lowest BCUT2D eigenvalue weighted by molar-refractivity contribution is -0.132. The highest BCUT2D eigenvalue weighted by Gasteiger charge is 2.31. The third-order valence-electron chi connectivity index (χ3n) is 7.00. The maximum atomic E-state index is 12.3. The van der Waals surface area contributed by atoms with Gasteiger partial charge in [0.15, 0.2) is 0 Å². The Labute approximate surface area is 192 Å². The molecule has 1 aromatic heterocycles. The molecule has 6 nitrogen and oxygen atoms in total. The Morgan fingerprint density at radius 1 is 1.06 bits per heavy atom. The average Bonchev–Trinajstić information content (AvgIpc) is 3.05. The van der Waals surface area contributed by atoms with Crippen LogP contribution in [0.1, 0.15) is 59.5 Å². The largest absolute Gasteiger partial charge is 0.496 e. The highest BCUT2D eigenvalue weighted by atomic mass is 16.5. The lowest BCUT2D eigenvalue weighted by atomic mass is 9.81.